The molecule has 0 saturated carbocycles. The standard InChI is InChI=1S/C15H14ClNO2/c1-17(2)13-4-3-5-14(9-13)19-15-7-6-12(16)8-11(15)10-18/h3-10H,1-2H3. The molecule has 0 aliphatic rings. The zero-order chi connectivity index (χ0) is 13.8. The average molecular weight is 276 g/mol. The van der Waals surface area contributed by atoms with Gasteiger partial charge in [0.05, 0.1) is 5.56 Å². The fourth-order valence-electron chi connectivity index (χ4n) is 1.66. The first-order chi connectivity index (χ1) is 9.10. The Bertz CT molecular complexity index is 596. The summed E-state index contributed by atoms with van der Waals surface area (Å²) < 4.78 is 5.73. The third-order valence-electron chi connectivity index (χ3n) is 2.66. The number of aldehydes is 1. The van der Waals surface area contributed by atoms with Crippen LogP contribution in [0, 0.1) is 0 Å². The van der Waals surface area contributed by atoms with Crippen molar-refractivity contribution in [1.82, 2.24) is 0 Å². The summed E-state index contributed by atoms with van der Waals surface area (Å²) in [7, 11) is 3.91. The first kappa shape index (κ1) is 13.4. The van der Waals surface area contributed by atoms with Gasteiger partial charge in [0, 0.05) is 30.9 Å². The minimum atomic E-state index is 0.433. The molecule has 0 unspecified atom stereocenters. The van der Waals surface area contributed by atoms with E-state index < -0.39 is 0 Å². The molecule has 2 rings (SSSR count). The Kier molecular flexibility index (Phi) is 4.07. The van der Waals surface area contributed by atoms with Crippen LogP contribution >= 0.6 is 11.6 Å². The van der Waals surface area contributed by atoms with Crippen LogP contribution in [-0.4, -0.2) is 20.4 Å². The highest BCUT2D eigenvalue weighted by molar-refractivity contribution is 6.30. The summed E-state index contributed by atoms with van der Waals surface area (Å²) in [6.45, 7) is 0. The van der Waals surface area contributed by atoms with Crippen LogP contribution in [0.3, 0.4) is 0 Å². The lowest BCUT2D eigenvalue weighted by molar-refractivity contribution is 0.112. The van der Waals surface area contributed by atoms with E-state index in [1.807, 2.05) is 43.3 Å². The molecule has 2 aromatic carbocycles. The van der Waals surface area contributed by atoms with Gasteiger partial charge in [-0.3, -0.25) is 4.79 Å². The molecule has 0 spiro atoms. The number of hydrogen-bond acceptors (Lipinski definition) is 3. The van der Waals surface area contributed by atoms with Gasteiger partial charge in [-0.1, -0.05) is 17.7 Å². The third kappa shape index (κ3) is 3.26. The van der Waals surface area contributed by atoms with Crippen molar-refractivity contribution in [2.75, 3.05) is 19.0 Å². The monoisotopic (exact) mass is 275 g/mol. The predicted octanol–water partition coefficient (Wildman–Crippen LogP) is 4.01. The minimum absolute atomic E-state index is 0.433. The Balaban J connectivity index is 2.30. The van der Waals surface area contributed by atoms with Crippen molar-refractivity contribution in [2.45, 2.75) is 0 Å². The van der Waals surface area contributed by atoms with Gasteiger partial charge in [0.2, 0.25) is 0 Å². The van der Waals surface area contributed by atoms with E-state index in [4.69, 9.17) is 16.3 Å². The van der Waals surface area contributed by atoms with Gasteiger partial charge in [0.25, 0.3) is 0 Å². The van der Waals surface area contributed by atoms with E-state index in [1.54, 1.807) is 18.2 Å². The van der Waals surface area contributed by atoms with Gasteiger partial charge in [0.15, 0.2) is 6.29 Å². The van der Waals surface area contributed by atoms with Crippen LogP contribution in [0.4, 0.5) is 5.69 Å². The number of carbonyl (C=O) groups is 1. The van der Waals surface area contributed by atoms with Gasteiger partial charge in [-0.2, -0.15) is 0 Å². The fourth-order valence-corrected chi connectivity index (χ4v) is 1.84. The normalized spacial score (nSPS) is 10.1. The maximum Gasteiger partial charge on any atom is 0.153 e. The number of anilines is 1. The van der Waals surface area contributed by atoms with Gasteiger partial charge >= 0.3 is 0 Å². The molecule has 98 valence electrons. The van der Waals surface area contributed by atoms with Gasteiger partial charge in [0.1, 0.15) is 11.5 Å². The summed E-state index contributed by atoms with van der Waals surface area (Å²) in [5, 5.41) is 0.511. The van der Waals surface area contributed by atoms with E-state index >= 15 is 0 Å². The Labute approximate surface area is 117 Å². The van der Waals surface area contributed by atoms with E-state index in [0.29, 0.717) is 22.1 Å². The second-order valence-electron chi connectivity index (χ2n) is 4.29. The minimum Gasteiger partial charge on any atom is -0.457 e. The Morgan fingerprint density at radius 2 is 1.95 bits per heavy atom. The molecule has 0 fully saturated rings. The summed E-state index contributed by atoms with van der Waals surface area (Å²) in [5.41, 5.74) is 1.46. The van der Waals surface area contributed by atoms with Crippen LogP contribution in [-0.2, 0) is 0 Å². The van der Waals surface area contributed by atoms with Gasteiger partial charge < -0.3 is 9.64 Å². The summed E-state index contributed by atoms with van der Waals surface area (Å²) in [6, 6.07) is 12.6. The third-order valence-corrected chi connectivity index (χ3v) is 2.90. The highest BCUT2D eigenvalue weighted by atomic mass is 35.5. The lowest BCUT2D eigenvalue weighted by Gasteiger charge is -2.14. The number of benzene rings is 2. The van der Waals surface area contributed by atoms with Gasteiger partial charge in [-0.15, -0.1) is 0 Å². The fraction of sp³-hybridized carbons (Fsp3) is 0.133. The van der Waals surface area contributed by atoms with E-state index in [2.05, 4.69) is 0 Å². The molecule has 2 aromatic rings. The van der Waals surface area contributed by atoms with E-state index in [9.17, 15) is 4.79 Å². The molecule has 0 bridgehead atoms. The Hall–Kier alpha value is -2.00. The van der Waals surface area contributed by atoms with Crippen LogP contribution in [0.15, 0.2) is 42.5 Å². The first-order valence-corrected chi connectivity index (χ1v) is 6.18. The molecule has 3 nitrogen and oxygen atoms in total. The van der Waals surface area contributed by atoms with Crippen LogP contribution in [0.5, 0.6) is 11.5 Å². The second-order valence-corrected chi connectivity index (χ2v) is 4.73. The van der Waals surface area contributed by atoms with E-state index in [1.165, 1.54) is 0 Å². The molecule has 0 aliphatic carbocycles. The van der Waals surface area contributed by atoms with Crippen LogP contribution in [0.1, 0.15) is 10.4 Å². The van der Waals surface area contributed by atoms with Crippen molar-refractivity contribution < 1.29 is 9.53 Å². The number of halogens is 1. The summed E-state index contributed by atoms with van der Waals surface area (Å²) in [4.78, 5) is 13.0. The smallest absolute Gasteiger partial charge is 0.153 e. The molecule has 0 N–H and O–H groups in total. The van der Waals surface area contributed by atoms with Crippen molar-refractivity contribution in [3.63, 3.8) is 0 Å². The molecule has 0 aliphatic heterocycles. The van der Waals surface area contributed by atoms with Crippen LogP contribution < -0.4 is 9.64 Å². The molecule has 0 aromatic heterocycles. The number of ether oxygens (including phenoxy) is 1. The Morgan fingerprint density at radius 3 is 2.63 bits per heavy atom. The topological polar surface area (TPSA) is 29.5 Å². The van der Waals surface area contributed by atoms with Crippen molar-refractivity contribution in [2.24, 2.45) is 0 Å². The second kappa shape index (κ2) is 5.76. The van der Waals surface area contributed by atoms with E-state index in [-0.39, 0.29) is 0 Å². The van der Waals surface area contributed by atoms with Crippen molar-refractivity contribution in [3.8, 4) is 11.5 Å². The van der Waals surface area contributed by atoms with Crippen molar-refractivity contribution in [3.05, 3.63) is 53.1 Å². The predicted molar refractivity (Wildman–Crippen MR) is 77.7 cm³/mol. The average Bonchev–Trinajstić information content (AvgIpc) is 2.41. The Morgan fingerprint density at radius 1 is 1.16 bits per heavy atom. The molecule has 4 heteroatoms. The van der Waals surface area contributed by atoms with Gasteiger partial charge in [-0.05, 0) is 30.3 Å². The molecule has 19 heavy (non-hydrogen) atoms. The molecule has 0 heterocycles. The lowest BCUT2D eigenvalue weighted by atomic mass is 10.2. The first-order valence-electron chi connectivity index (χ1n) is 5.80. The highest BCUT2D eigenvalue weighted by Crippen LogP contribution is 2.28. The van der Waals surface area contributed by atoms with Crippen LogP contribution in [0.2, 0.25) is 5.02 Å². The molecular formula is C15H14ClNO2. The van der Waals surface area contributed by atoms with Crippen molar-refractivity contribution in [1.29, 1.82) is 0 Å². The maximum atomic E-state index is 11.0. The highest BCUT2D eigenvalue weighted by Gasteiger charge is 2.06. The summed E-state index contributed by atoms with van der Waals surface area (Å²) in [5.74, 6) is 1.17. The molecule has 0 radical (unpaired) electrons. The quantitative estimate of drug-likeness (QED) is 0.790. The van der Waals surface area contributed by atoms with Crippen molar-refractivity contribution >= 4 is 23.6 Å². The van der Waals surface area contributed by atoms with E-state index in [0.717, 1.165) is 12.0 Å². The molecule has 0 amide bonds. The number of hydrogen-bond donors (Lipinski definition) is 0. The molecular weight excluding hydrogens is 262 g/mol. The number of nitrogens with zero attached hydrogens (tertiary/aromatic N) is 1. The SMILES string of the molecule is CN(C)c1cccc(Oc2ccc(Cl)cc2C=O)c1. The number of rotatable bonds is 4. The molecule has 0 saturated heterocycles. The van der Waals surface area contributed by atoms with Gasteiger partial charge in [-0.25, -0.2) is 0 Å². The van der Waals surface area contributed by atoms with Crippen LogP contribution in [0.25, 0.3) is 0 Å². The zero-order valence-electron chi connectivity index (χ0n) is 10.8. The lowest BCUT2D eigenvalue weighted by Crippen LogP contribution is -2.08. The largest absolute Gasteiger partial charge is 0.457 e. The zero-order valence-corrected chi connectivity index (χ0v) is 11.5. The number of carbonyl (C=O) groups excluding carboxylic acids is 1. The molecule has 0 atom stereocenters. The maximum absolute atomic E-state index is 11.0. The summed E-state index contributed by atoms with van der Waals surface area (Å²) >= 11 is 5.84. The summed E-state index contributed by atoms with van der Waals surface area (Å²) in [6.07, 6.45) is 0.733.